The maximum absolute atomic E-state index is 10.5. The van der Waals surface area contributed by atoms with Crippen LogP contribution in [0.3, 0.4) is 0 Å². The summed E-state index contributed by atoms with van der Waals surface area (Å²) in [7, 11) is 0. The van der Waals surface area contributed by atoms with E-state index in [0.717, 1.165) is 72.1 Å². The second-order valence-corrected chi connectivity index (χ2v) is 9.63. The van der Waals surface area contributed by atoms with Crippen molar-refractivity contribution < 1.29 is 9.52 Å². The lowest BCUT2D eigenvalue weighted by atomic mass is 10.00. The molecule has 4 heterocycles. The minimum Gasteiger partial charge on any atom is -0.507 e. The van der Waals surface area contributed by atoms with Crippen LogP contribution in [0.2, 0.25) is 0 Å². The monoisotopic (exact) mass is 503 g/mol. The second kappa shape index (κ2) is 8.30. The highest BCUT2D eigenvalue weighted by Crippen LogP contribution is 2.39. The van der Waals surface area contributed by atoms with Gasteiger partial charge >= 0.3 is 0 Å². The lowest BCUT2D eigenvalue weighted by molar-refractivity contribution is 0.477. The average Bonchev–Trinajstić information content (AvgIpc) is 3.53. The number of benzene rings is 4. The van der Waals surface area contributed by atoms with Gasteiger partial charge in [-0.15, -0.1) is 0 Å². The normalized spacial score (nSPS) is 11.7. The number of furan rings is 1. The molecule has 0 unspecified atom stereocenters. The maximum Gasteiger partial charge on any atom is 0.161 e. The zero-order valence-electron chi connectivity index (χ0n) is 20.7. The summed E-state index contributed by atoms with van der Waals surface area (Å²) >= 11 is 0. The summed E-state index contributed by atoms with van der Waals surface area (Å²) in [5.41, 5.74) is 6.73. The predicted octanol–water partition coefficient (Wildman–Crippen LogP) is 8.51. The molecule has 5 heteroatoms. The fourth-order valence-electron chi connectivity index (χ4n) is 5.60. The molecule has 8 rings (SSSR count). The highest BCUT2D eigenvalue weighted by atomic mass is 16.3. The van der Waals surface area contributed by atoms with Gasteiger partial charge in [-0.05, 0) is 48.0 Å². The fourth-order valence-corrected chi connectivity index (χ4v) is 5.60. The molecule has 0 saturated heterocycles. The zero-order valence-corrected chi connectivity index (χ0v) is 20.7. The molecule has 0 saturated carbocycles. The Morgan fingerprint density at radius 1 is 0.641 bits per heavy atom. The van der Waals surface area contributed by atoms with Gasteiger partial charge in [0.15, 0.2) is 5.58 Å². The van der Waals surface area contributed by atoms with Crippen molar-refractivity contribution in [3.8, 4) is 34.0 Å². The van der Waals surface area contributed by atoms with Crippen LogP contribution in [0.25, 0.3) is 72.1 Å². The smallest absolute Gasteiger partial charge is 0.161 e. The third-order valence-electron chi connectivity index (χ3n) is 7.36. The first-order valence-corrected chi connectivity index (χ1v) is 12.8. The molecule has 0 spiro atoms. The van der Waals surface area contributed by atoms with E-state index in [1.807, 2.05) is 72.9 Å². The molecule has 0 atom stereocenters. The first-order chi connectivity index (χ1) is 19.3. The summed E-state index contributed by atoms with van der Waals surface area (Å²) in [6.07, 6.45) is 1.82. The predicted molar refractivity (Wildman–Crippen MR) is 156 cm³/mol. The maximum atomic E-state index is 10.5. The van der Waals surface area contributed by atoms with E-state index in [4.69, 9.17) is 14.4 Å². The van der Waals surface area contributed by atoms with Crippen LogP contribution in [0.4, 0.5) is 0 Å². The average molecular weight is 504 g/mol. The van der Waals surface area contributed by atoms with E-state index in [1.165, 1.54) is 0 Å². The van der Waals surface area contributed by atoms with Gasteiger partial charge in [0.2, 0.25) is 0 Å². The molecule has 1 N–H and O–H groups in total. The van der Waals surface area contributed by atoms with Crippen molar-refractivity contribution in [3.05, 3.63) is 121 Å². The molecule has 4 aromatic carbocycles. The molecule has 0 aliphatic rings. The topological polar surface area (TPSA) is 64.1 Å². The summed E-state index contributed by atoms with van der Waals surface area (Å²) in [6.45, 7) is 0. The zero-order chi connectivity index (χ0) is 25.9. The summed E-state index contributed by atoms with van der Waals surface area (Å²) in [5, 5.41) is 14.7. The molecule has 0 fully saturated rings. The van der Waals surface area contributed by atoms with Crippen molar-refractivity contribution in [3.63, 3.8) is 0 Å². The van der Waals surface area contributed by atoms with Crippen LogP contribution < -0.4 is 0 Å². The van der Waals surface area contributed by atoms with Gasteiger partial charge in [-0.25, -0.2) is 9.97 Å². The molecule has 0 radical (unpaired) electrons. The Hall–Kier alpha value is -5.42. The Kier molecular flexibility index (Phi) is 4.60. The number of phenolic OH excluding ortho intramolecular Hbond substituents is 1. The summed E-state index contributed by atoms with van der Waals surface area (Å²) in [4.78, 5) is 10.00. The minimum atomic E-state index is 0.238. The van der Waals surface area contributed by atoms with E-state index < -0.39 is 0 Å². The van der Waals surface area contributed by atoms with Crippen molar-refractivity contribution in [1.82, 2.24) is 14.5 Å². The molecular weight excluding hydrogens is 482 g/mol. The SMILES string of the molecule is Oc1ccccc1-c1cccc(-c2nc(-n3c4ccccc4c4cccnc43)cc3c2oc2ccccc23)c1. The highest BCUT2D eigenvalue weighted by molar-refractivity contribution is 6.11. The van der Waals surface area contributed by atoms with E-state index in [-0.39, 0.29) is 5.75 Å². The van der Waals surface area contributed by atoms with Gasteiger partial charge in [0, 0.05) is 38.9 Å². The minimum absolute atomic E-state index is 0.238. The first kappa shape index (κ1) is 21.6. The number of aromatic nitrogens is 3. The Bertz CT molecular complexity index is 2150. The van der Waals surface area contributed by atoms with Gasteiger partial charge in [-0.1, -0.05) is 72.8 Å². The van der Waals surface area contributed by atoms with Gasteiger partial charge in [-0.3, -0.25) is 4.57 Å². The lowest BCUT2D eigenvalue weighted by Crippen LogP contribution is -2.00. The van der Waals surface area contributed by atoms with Crippen molar-refractivity contribution in [2.45, 2.75) is 0 Å². The molecule has 8 aromatic rings. The van der Waals surface area contributed by atoms with Crippen LogP contribution in [-0.4, -0.2) is 19.6 Å². The van der Waals surface area contributed by atoms with Gasteiger partial charge in [0.25, 0.3) is 0 Å². The van der Waals surface area contributed by atoms with Crippen LogP contribution in [0.1, 0.15) is 0 Å². The van der Waals surface area contributed by atoms with Crippen molar-refractivity contribution in [2.24, 2.45) is 0 Å². The van der Waals surface area contributed by atoms with E-state index >= 15 is 0 Å². The van der Waals surface area contributed by atoms with Crippen LogP contribution in [0.5, 0.6) is 5.75 Å². The summed E-state index contributed by atoms with van der Waals surface area (Å²) in [5.74, 6) is 1.00. The number of hydrogen-bond donors (Lipinski definition) is 1. The van der Waals surface area contributed by atoms with Gasteiger partial charge < -0.3 is 9.52 Å². The highest BCUT2D eigenvalue weighted by Gasteiger charge is 2.20. The number of para-hydroxylation sites is 3. The number of pyridine rings is 2. The first-order valence-electron chi connectivity index (χ1n) is 12.8. The van der Waals surface area contributed by atoms with Crippen LogP contribution in [0, 0.1) is 0 Å². The number of hydrogen-bond acceptors (Lipinski definition) is 4. The Labute approximate surface area is 223 Å². The van der Waals surface area contributed by atoms with Gasteiger partial charge in [0.1, 0.15) is 28.5 Å². The van der Waals surface area contributed by atoms with Crippen molar-refractivity contribution in [2.75, 3.05) is 0 Å². The van der Waals surface area contributed by atoms with Gasteiger partial charge in [-0.2, -0.15) is 0 Å². The molecule has 4 aromatic heterocycles. The molecule has 0 bridgehead atoms. The van der Waals surface area contributed by atoms with E-state index in [1.54, 1.807) is 6.07 Å². The molecule has 0 aliphatic heterocycles. The number of fused-ring (bicyclic) bond motifs is 6. The fraction of sp³-hybridized carbons (Fsp3) is 0. The number of phenols is 1. The Morgan fingerprint density at radius 2 is 1.41 bits per heavy atom. The van der Waals surface area contributed by atoms with Crippen LogP contribution in [0.15, 0.2) is 126 Å². The van der Waals surface area contributed by atoms with E-state index in [9.17, 15) is 5.11 Å². The molecule has 39 heavy (non-hydrogen) atoms. The number of nitrogens with zero attached hydrogens (tertiary/aromatic N) is 3. The van der Waals surface area contributed by atoms with Crippen LogP contribution in [-0.2, 0) is 0 Å². The largest absolute Gasteiger partial charge is 0.507 e. The molecule has 184 valence electrons. The van der Waals surface area contributed by atoms with Crippen LogP contribution >= 0.6 is 0 Å². The summed E-state index contributed by atoms with van der Waals surface area (Å²) < 4.78 is 8.55. The standard InChI is InChI=1S/C34H21N3O2/c38-29-16-5-2-11-23(29)21-9-7-10-22(19-21)32-33-27(25-13-3-6-17-30(25)39-33)20-31(36-32)37-28-15-4-1-12-24(28)26-14-8-18-35-34(26)37/h1-20,38H. The quantitative estimate of drug-likeness (QED) is 0.262. The Balaban J connectivity index is 1.47. The number of rotatable bonds is 3. The second-order valence-electron chi connectivity index (χ2n) is 9.63. The number of aromatic hydroxyl groups is 1. The molecule has 5 nitrogen and oxygen atoms in total. The molecular formula is C34H21N3O2. The van der Waals surface area contributed by atoms with E-state index in [0.29, 0.717) is 0 Å². The molecule has 0 amide bonds. The lowest BCUT2D eigenvalue weighted by Gasteiger charge is -2.11. The van der Waals surface area contributed by atoms with Crippen molar-refractivity contribution in [1.29, 1.82) is 0 Å². The third kappa shape index (κ3) is 3.27. The van der Waals surface area contributed by atoms with Crippen molar-refractivity contribution >= 4 is 43.9 Å². The Morgan fingerprint density at radius 3 is 2.33 bits per heavy atom. The third-order valence-corrected chi connectivity index (χ3v) is 7.36. The van der Waals surface area contributed by atoms with Gasteiger partial charge in [0.05, 0.1) is 5.52 Å². The van der Waals surface area contributed by atoms with E-state index in [2.05, 4.69) is 47.0 Å². The molecule has 0 aliphatic carbocycles. The summed E-state index contributed by atoms with van der Waals surface area (Å²) in [6, 6.07) is 38.0.